The van der Waals surface area contributed by atoms with Crippen molar-refractivity contribution in [2.75, 3.05) is 0 Å². The minimum absolute atomic E-state index is 0.00988. The van der Waals surface area contributed by atoms with E-state index in [1.807, 2.05) is 0 Å². The molecule has 0 radical (unpaired) electrons. The average Bonchev–Trinajstić information content (AvgIpc) is 2.00. The molecule has 1 heterocycles. The lowest BCUT2D eigenvalue weighted by Crippen LogP contribution is -2.11. The Morgan fingerprint density at radius 3 is 2.20 bits per heavy atom. The second kappa shape index (κ2) is 3.59. The molecule has 0 bridgehead atoms. The third-order valence-corrected chi connectivity index (χ3v) is 1.53. The van der Waals surface area contributed by atoms with Gasteiger partial charge in [0, 0.05) is 0 Å². The largest absolute Gasteiger partial charge is 0.505 e. The van der Waals surface area contributed by atoms with Crippen molar-refractivity contribution in [2.45, 2.75) is 12.6 Å². The summed E-state index contributed by atoms with van der Waals surface area (Å²) in [7, 11) is 0. The van der Waals surface area contributed by atoms with Gasteiger partial charge in [0.25, 0.3) is 6.43 Å². The molecule has 0 atom stereocenters. The van der Waals surface area contributed by atoms with Gasteiger partial charge in [-0.25, -0.2) is 18.2 Å². The first-order valence-corrected chi connectivity index (χ1v) is 3.48. The number of hydrogen-bond donors (Lipinski definition) is 1. The summed E-state index contributed by atoms with van der Waals surface area (Å²) in [6, 6.07) is 0. The van der Waals surface area contributed by atoms with Crippen LogP contribution in [0.15, 0.2) is 6.20 Å². The van der Waals surface area contributed by atoms with Gasteiger partial charge in [-0.2, -0.15) is 13.2 Å². The summed E-state index contributed by atoms with van der Waals surface area (Å²) < 4.78 is 72.9. The minimum atomic E-state index is -5.25. The molecule has 0 spiro atoms. The van der Waals surface area contributed by atoms with Gasteiger partial charge in [-0.1, -0.05) is 0 Å². The average molecular weight is 231 g/mol. The van der Waals surface area contributed by atoms with E-state index < -0.39 is 35.4 Å². The molecule has 1 rings (SSSR count). The Bertz CT molecular complexity index is 374. The molecule has 0 saturated carbocycles. The van der Waals surface area contributed by atoms with E-state index in [1.165, 1.54) is 0 Å². The van der Waals surface area contributed by atoms with Crippen LogP contribution in [0.3, 0.4) is 0 Å². The zero-order valence-electron chi connectivity index (χ0n) is 6.82. The third kappa shape index (κ3) is 2.13. The molecule has 0 saturated heterocycles. The molecule has 8 heteroatoms. The fourth-order valence-corrected chi connectivity index (χ4v) is 0.922. The van der Waals surface area contributed by atoms with Gasteiger partial charge in [-0.3, -0.25) is 0 Å². The number of nitrogens with zero attached hydrogens (tertiary/aromatic N) is 1. The van der Waals surface area contributed by atoms with Crippen LogP contribution in [-0.2, 0) is 6.18 Å². The Morgan fingerprint density at radius 1 is 1.27 bits per heavy atom. The number of rotatable bonds is 1. The van der Waals surface area contributed by atoms with Crippen molar-refractivity contribution in [2.24, 2.45) is 0 Å². The summed E-state index contributed by atoms with van der Waals surface area (Å²) in [6.45, 7) is 0. The Labute approximate surface area is 79.2 Å². The topological polar surface area (TPSA) is 33.1 Å². The van der Waals surface area contributed by atoms with Crippen LogP contribution < -0.4 is 0 Å². The smallest absolute Gasteiger partial charge is 0.422 e. The van der Waals surface area contributed by atoms with Crippen LogP contribution in [0.4, 0.5) is 26.3 Å². The Kier molecular flexibility index (Phi) is 2.78. The molecule has 15 heavy (non-hydrogen) atoms. The monoisotopic (exact) mass is 231 g/mol. The van der Waals surface area contributed by atoms with Gasteiger partial charge in [0.2, 0.25) is 0 Å². The van der Waals surface area contributed by atoms with Crippen molar-refractivity contribution in [3.63, 3.8) is 0 Å². The first-order valence-electron chi connectivity index (χ1n) is 3.48. The highest BCUT2D eigenvalue weighted by Crippen LogP contribution is 2.40. The number of halogens is 6. The van der Waals surface area contributed by atoms with E-state index in [0.717, 1.165) is 0 Å². The molecule has 1 N–H and O–H groups in total. The predicted octanol–water partition coefficient (Wildman–Crippen LogP) is 2.88. The number of alkyl halides is 5. The lowest BCUT2D eigenvalue weighted by molar-refractivity contribution is -0.141. The molecule has 1 aromatic heterocycles. The van der Waals surface area contributed by atoms with Gasteiger partial charge in [-0.05, 0) is 0 Å². The van der Waals surface area contributed by atoms with Crippen LogP contribution in [0, 0.1) is 5.82 Å². The van der Waals surface area contributed by atoms with E-state index in [2.05, 4.69) is 4.98 Å². The maximum absolute atomic E-state index is 12.6. The van der Waals surface area contributed by atoms with Crippen molar-refractivity contribution in [1.82, 2.24) is 4.98 Å². The molecule has 0 aliphatic heterocycles. The van der Waals surface area contributed by atoms with Crippen molar-refractivity contribution in [3.8, 4) is 5.75 Å². The highest BCUT2D eigenvalue weighted by Gasteiger charge is 2.40. The van der Waals surface area contributed by atoms with Crippen molar-refractivity contribution in [3.05, 3.63) is 23.3 Å². The van der Waals surface area contributed by atoms with E-state index in [0.29, 0.717) is 0 Å². The van der Waals surface area contributed by atoms with Crippen LogP contribution in [0.1, 0.15) is 17.7 Å². The third-order valence-electron chi connectivity index (χ3n) is 1.53. The number of hydrogen-bond acceptors (Lipinski definition) is 2. The molecular formula is C7H3F6NO. The Hall–Kier alpha value is -1.47. The van der Waals surface area contributed by atoms with E-state index in [1.54, 1.807) is 0 Å². The van der Waals surface area contributed by atoms with E-state index in [-0.39, 0.29) is 6.20 Å². The molecule has 1 aromatic rings. The summed E-state index contributed by atoms with van der Waals surface area (Å²) in [5.74, 6) is -3.78. The summed E-state index contributed by atoms with van der Waals surface area (Å²) in [5.41, 5.74) is -3.63. The number of aromatic nitrogens is 1. The molecule has 2 nitrogen and oxygen atoms in total. The molecule has 0 aliphatic carbocycles. The van der Waals surface area contributed by atoms with E-state index in [9.17, 15) is 26.3 Å². The van der Waals surface area contributed by atoms with Gasteiger partial charge < -0.3 is 5.11 Å². The van der Waals surface area contributed by atoms with Gasteiger partial charge in [0.15, 0.2) is 11.6 Å². The SMILES string of the molecule is Oc1c(C(F)F)ncc(F)c1C(F)(F)F. The standard InChI is InChI=1S/C7H3F6NO/c8-2-1-14-4(6(9)10)5(15)3(2)7(11,12)13/h1,6,15H. The predicted molar refractivity (Wildman–Crippen MR) is 35.8 cm³/mol. The van der Waals surface area contributed by atoms with Crippen molar-refractivity contribution >= 4 is 0 Å². The first kappa shape index (κ1) is 11.6. The van der Waals surface area contributed by atoms with Crippen LogP contribution in [-0.4, -0.2) is 10.1 Å². The van der Waals surface area contributed by atoms with Crippen LogP contribution >= 0.6 is 0 Å². The second-order valence-electron chi connectivity index (χ2n) is 2.51. The molecule has 0 unspecified atom stereocenters. The van der Waals surface area contributed by atoms with Gasteiger partial charge in [0.1, 0.15) is 11.3 Å². The highest BCUT2D eigenvalue weighted by atomic mass is 19.4. The summed E-state index contributed by atoms with van der Waals surface area (Å²) >= 11 is 0. The summed E-state index contributed by atoms with van der Waals surface area (Å²) in [4.78, 5) is 2.68. The lowest BCUT2D eigenvalue weighted by Gasteiger charge is -2.11. The lowest BCUT2D eigenvalue weighted by atomic mass is 10.2. The van der Waals surface area contributed by atoms with E-state index in [4.69, 9.17) is 5.11 Å². The molecule has 0 aliphatic rings. The zero-order valence-corrected chi connectivity index (χ0v) is 6.82. The van der Waals surface area contributed by atoms with E-state index >= 15 is 0 Å². The van der Waals surface area contributed by atoms with Crippen molar-refractivity contribution < 1.29 is 31.4 Å². The van der Waals surface area contributed by atoms with Crippen molar-refractivity contribution in [1.29, 1.82) is 0 Å². The number of aromatic hydroxyl groups is 1. The quantitative estimate of drug-likeness (QED) is 0.754. The Morgan fingerprint density at radius 2 is 1.80 bits per heavy atom. The van der Waals surface area contributed by atoms with Crippen LogP contribution in [0.25, 0.3) is 0 Å². The Balaban J connectivity index is 3.44. The normalized spacial score (nSPS) is 12.2. The summed E-state index contributed by atoms with van der Waals surface area (Å²) in [6.07, 6.45) is -8.67. The summed E-state index contributed by atoms with van der Waals surface area (Å²) in [5, 5.41) is 8.77. The first-order chi connectivity index (χ1) is 6.75. The highest BCUT2D eigenvalue weighted by molar-refractivity contribution is 5.39. The zero-order chi connectivity index (χ0) is 11.8. The fourth-order valence-electron chi connectivity index (χ4n) is 0.922. The van der Waals surface area contributed by atoms with Gasteiger partial charge >= 0.3 is 6.18 Å². The van der Waals surface area contributed by atoms with Crippen LogP contribution in [0.2, 0.25) is 0 Å². The minimum Gasteiger partial charge on any atom is -0.505 e. The molecule has 84 valence electrons. The molecular weight excluding hydrogens is 228 g/mol. The van der Waals surface area contributed by atoms with Gasteiger partial charge in [0.05, 0.1) is 6.20 Å². The molecule has 0 fully saturated rings. The number of pyridine rings is 1. The van der Waals surface area contributed by atoms with Crippen LogP contribution in [0.5, 0.6) is 5.75 Å². The van der Waals surface area contributed by atoms with Gasteiger partial charge in [-0.15, -0.1) is 0 Å². The maximum atomic E-state index is 12.6. The molecule has 0 amide bonds. The fraction of sp³-hybridized carbons (Fsp3) is 0.286. The maximum Gasteiger partial charge on any atom is 0.422 e. The second-order valence-corrected chi connectivity index (χ2v) is 2.51. The molecule has 0 aromatic carbocycles.